The van der Waals surface area contributed by atoms with Crippen LogP contribution in [-0.2, 0) is 16.1 Å². The van der Waals surface area contributed by atoms with E-state index in [9.17, 15) is 4.79 Å². The van der Waals surface area contributed by atoms with Gasteiger partial charge in [0.25, 0.3) is 5.91 Å². The lowest BCUT2D eigenvalue weighted by molar-refractivity contribution is -0.123. The molecule has 100 valence electrons. The summed E-state index contributed by atoms with van der Waals surface area (Å²) in [6.07, 6.45) is 0. The summed E-state index contributed by atoms with van der Waals surface area (Å²) in [6.45, 7) is 0.670. The van der Waals surface area contributed by atoms with E-state index >= 15 is 0 Å². The van der Waals surface area contributed by atoms with E-state index in [0.717, 1.165) is 0 Å². The zero-order valence-electron chi connectivity index (χ0n) is 10.1. The van der Waals surface area contributed by atoms with Gasteiger partial charge < -0.3 is 19.9 Å². The Hall–Kier alpha value is -1.11. The Morgan fingerprint density at radius 1 is 1.50 bits per heavy atom. The Balaban J connectivity index is 2.50. The first-order valence-electron chi connectivity index (χ1n) is 5.45. The van der Waals surface area contributed by atoms with Gasteiger partial charge in [-0.25, -0.2) is 0 Å². The standard InChI is InChI=1S/C12H16BrNO4/c1-17-6-5-14-11(16)8-18-12-9(7-15)3-2-4-10(12)13/h2-4,15H,5-8H2,1H3,(H,14,16). The highest BCUT2D eigenvalue weighted by Crippen LogP contribution is 2.28. The normalized spacial score (nSPS) is 10.2. The van der Waals surface area contributed by atoms with Gasteiger partial charge in [-0.1, -0.05) is 12.1 Å². The minimum absolute atomic E-state index is 0.0979. The molecule has 1 aromatic rings. The fourth-order valence-corrected chi connectivity index (χ4v) is 1.84. The lowest BCUT2D eigenvalue weighted by Crippen LogP contribution is -2.31. The number of ether oxygens (including phenoxy) is 2. The van der Waals surface area contributed by atoms with Crippen molar-refractivity contribution in [1.29, 1.82) is 0 Å². The third-order valence-electron chi connectivity index (χ3n) is 2.19. The molecule has 0 heterocycles. The van der Waals surface area contributed by atoms with E-state index in [1.165, 1.54) is 0 Å². The molecular weight excluding hydrogens is 302 g/mol. The average molecular weight is 318 g/mol. The zero-order valence-corrected chi connectivity index (χ0v) is 11.7. The number of rotatable bonds is 7. The second-order valence-electron chi connectivity index (χ2n) is 3.52. The average Bonchev–Trinajstić information content (AvgIpc) is 2.37. The van der Waals surface area contributed by atoms with Crippen LogP contribution in [0.4, 0.5) is 0 Å². The van der Waals surface area contributed by atoms with E-state index in [1.807, 2.05) is 0 Å². The monoisotopic (exact) mass is 317 g/mol. The van der Waals surface area contributed by atoms with Crippen molar-refractivity contribution in [2.75, 3.05) is 26.9 Å². The summed E-state index contributed by atoms with van der Waals surface area (Å²) >= 11 is 3.31. The molecule has 1 aromatic carbocycles. The summed E-state index contributed by atoms with van der Waals surface area (Å²) in [5.41, 5.74) is 0.633. The van der Waals surface area contributed by atoms with Gasteiger partial charge in [-0.15, -0.1) is 0 Å². The van der Waals surface area contributed by atoms with Crippen molar-refractivity contribution in [2.24, 2.45) is 0 Å². The first kappa shape index (κ1) is 14.9. The molecule has 6 heteroatoms. The van der Waals surface area contributed by atoms with Gasteiger partial charge >= 0.3 is 0 Å². The predicted molar refractivity (Wildman–Crippen MR) is 70.4 cm³/mol. The van der Waals surface area contributed by atoms with Crippen molar-refractivity contribution >= 4 is 21.8 Å². The van der Waals surface area contributed by atoms with Crippen LogP contribution in [0.15, 0.2) is 22.7 Å². The van der Waals surface area contributed by atoms with Crippen molar-refractivity contribution in [3.05, 3.63) is 28.2 Å². The number of halogens is 1. The summed E-state index contributed by atoms with van der Waals surface area (Å²) in [7, 11) is 1.57. The van der Waals surface area contributed by atoms with Gasteiger partial charge in [0, 0.05) is 19.2 Å². The van der Waals surface area contributed by atoms with Crippen molar-refractivity contribution < 1.29 is 19.4 Å². The maximum absolute atomic E-state index is 11.4. The Labute approximate surface area is 114 Å². The van der Waals surface area contributed by atoms with Gasteiger partial charge in [-0.2, -0.15) is 0 Å². The smallest absolute Gasteiger partial charge is 0.258 e. The van der Waals surface area contributed by atoms with E-state index in [2.05, 4.69) is 21.2 Å². The number of hydrogen-bond acceptors (Lipinski definition) is 4. The lowest BCUT2D eigenvalue weighted by atomic mass is 10.2. The zero-order chi connectivity index (χ0) is 13.4. The molecule has 0 aliphatic carbocycles. The molecule has 0 radical (unpaired) electrons. The van der Waals surface area contributed by atoms with Gasteiger partial charge in [0.05, 0.1) is 17.7 Å². The molecule has 0 saturated carbocycles. The van der Waals surface area contributed by atoms with E-state index in [-0.39, 0.29) is 19.1 Å². The van der Waals surface area contributed by atoms with Crippen molar-refractivity contribution in [2.45, 2.75) is 6.61 Å². The molecule has 0 fully saturated rings. The van der Waals surface area contributed by atoms with Gasteiger partial charge in [0.1, 0.15) is 5.75 Å². The summed E-state index contributed by atoms with van der Waals surface area (Å²) < 4.78 is 10.9. The third-order valence-corrected chi connectivity index (χ3v) is 2.82. The van der Waals surface area contributed by atoms with Gasteiger partial charge in [0.15, 0.2) is 6.61 Å². The number of methoxy groups -OCH3 is 1. The molecule has 0 aromatic heterocycles. The minimum atomic E-state index is -0.230. The number of aliphatic hydroxyl groups excluding tert-OH is 1. The highest BCUT2D eigenvalue weighted by atomic mass is 79.9. The van der Waals surface area contributed by atoms with E-state index in [1.54, 1.807) is 25.3 Å². The third kappa shape index (κ3) is 4.64. The topological polar surface area (TPSA) is 67.8 Å². The van der Waals surface area contributed by atoms with Crippen LogP contribution in [0.25, 0.3) is 0 Å². The van der Waals surface area contributed by atoms with Crippen LogP contribution in [0.1, 0.15) is 5.56 Å². The first-order chi connectivity index (χ1) is 8.69. The maximum atomic E-state index is 11.4. The second-order valence-corrected chi connectivity index (χ2v) is 4.37. The van der Waals surface area contributed by atoms with Crippen LogP contribution in [0.5, 0.6) is 5.75 Å². The molecule has 1 rings (SSSR count). The quantitative estimate of drug-likeness (QED) is 0.739. The Bertz CT molecular complexity index is 398. The number of nitrogens with one attached hydrogen (secondary N) is 1. The first-order valence-corrected chi connectivity index (χ1v) is 6.25. The molecule has 0 saturated heterocycles. The van der Waals surface area contributed by atoms with Crippen LogP contribution in [0.2, 0.25) is 0 Å². The fraction of sp³-hybridized carbons (Fsp3) is 0.417. The number of hydrogen-bond donors (Lipinski definition) is 2. The number of carbonyl (C=O) groups is 1. The molecule has 1 amide bonds. The van der Waals surface area contributed by atoms with E-state index < -0.39 is 0 Å². The van der Waals surface area contributed by atoms with Gasteiger partial charge in [-0.3, -0.25) is 4.79 Å². The molecule has 0 bridgehead atoms. The van der Waals surface area contributed by atoms with Crippen LogP contribution < -0.4 is 10.1 Å². The lowest BCUT2D eigenvalue weighted by Gasteiger charge is -2.11. The van der Waals surface area contributed by atoms with Crippen LogP contribution >= 0.6 is 15.9 Å². The number of aliphatic hydroxyl groups is 1. The summed E-state index contributed by atoms with van der Waals surface area (Å²) in [4.78, 5) is 11.4. The van der Waals surface area contributed by atoms with Crippen LogP contribution in [0, 0.1) is 0 Å². The molecule has 0 aliphatic rings. The summed E-state index contributed by atoms with van der Waals surface area (Å²) in [5.74, 6) is 0.258. The molecule has 18 heavy (non-hydrogen) atoms. The van der Waals surface area contributed by atoms with Crippen molar-refractivity contribution in [3.63, 3.8) is 0 Å². The predicted octanol–water partition coefficient (Wildman–Crippen LogP) is 1.08. The largest absolute Gasteiger partial charge is 0.482 e. The summed E-state index contributed by atoms with van der Waals surface area (Å²) in [5, 5.41) is 11.8. The van der Waals surface area contributed by atoms with Crippen molar-refractivity contribution in [1.82, 2.24) is 5.32 Å². The molecule has 0 spiro atoms. The minimum Gasteiger partial charge on any atom is -0.482 e. The van der Waals surface area contributed by atoms with Gasteiger partial charge in [-0.05, 0) is 22.0 Å². The number of para-hydroxylation sites is 1. The number of benzene rings is 1. The molecule has 2 N–H and O–H groups in total. The van der Waals surface area contributed by atoms with E-state index in [4.69, 9.17) is 14.6 Å². The highest BCUT2D eigenvalue weighted by molar-refractivity contribution is 9.10. The Morgan fingerprint density at radius 3 is 2.94 bits per heavy atom. The Kier molecular flexibility index (Phi) is 6.70. The van der Waals surface area contributed by atoms with Gasteiger partial charge in [0.2, 0.25) is 0 Å². The van der Waals surface area contributed by atoms with E-state index in [0.29, 0.717) is 28.9 Å². The SMILES string of the molecule is COCCNC(=O)COc1c(Br)cccc1CO. The highest BCUT2D eigenvalue weighted by Gasteiger charge is 2.09. The Morgan fingerprint density at radius 2 is 2.28 bits per heavy atom. The molecule has 0 unspecified atom stereocenters. The molecule has 0 aliphatic heterocycles. The molecule has 5 nitrogen and oxygen atoms in total. The second kappa shape index (κ2) is 8.07. The number of carbonyl (C=O) groups excluding carboxylic acids is 1. The number of amides is 1. The maximum Gasteiger partial charge on any atom is 0.258 e. The molecular formula is C12H16BrNO4. The molecule has 0 atom stereocenters. The van der Waals surface area contributed by atoms with Crippen LogP contribution in [-0.4, -0.2) is 37.9 Å². The van der Waals surface area contributed by atoms with Crippen LogP contribution in [0.3, 0.4) is 0 Å². The fourth-order valence-electron chi connectivity index (χ4n) is 1.32. The van der Waals surface area contributed by atoms with Crippen molar-refractivity contribution in [3.8, 4) is 5.75 Å². The summed E-state index contributed by atoms with van der Waals surface area (Å²) in [6, 6.07) is 5.32.